The second kappa shape index (κ2) is 5.46. The average Bonchev–Trinajstić information content (AvgIpc) is 3.13. The number of rotatable bonds is 5. The molecule has 2 bridgehead atoms. The first-order chi connectivity index (χ1) is 10.0. The van der Waals surface area contributed by atoms with E-state index in [9.17, 15) is 14.9 Å². The first kappa shape index (κ1) is 14.0. The molecule has 0 unspecified atom stereocenters. The van der Waals surface area contributed by atoms with Gasteiger partial charge in [0.05, 0.1) is 17.4 Å². The summed E-state index contributed by atoms with van der Waals surface area (Å²) in [5.41, 5.74) is 0. The van der Waals surface area contributed by atoms with E-state index in [1.807, 2.05) is 0 Å². The van der Waals surface area contributed by atoms with Crippen molar-refractivity contribution in [1.82, 2.24) is 15.1 Å². The Hall–Kier alpha value is -1.92. The third kappa shape index (κ3) is 2.91. The molecule has 0 aliphatic heterocycles. The topological polar surface area (TPSA) is 90.1 Å². The largest absolute Gasteiger partial charge is 0.389 e. The molecule has 0 saturated heterocycles. The molecular formula is C14H20N4O3. The Bertz CT molecular complexity index is 556. The molecule has 0 aromatic carbocycles. The van der Waals surface area contributed by atoms with Gasteiger partial charge in [0, 0.05) is 6.04 Å². The quantitative estimate of drug-likeness (QED) is 0.661. The molecular weight excluding hydrogens is 272 g/mol. The third-order valence-corrected chi connectivity index (χ3v) is 4.94. The molecule has 1 heterocycles. The van der Waals surface area contributed by atoms with Crippen LogP contribution in [0.2, 0.25) is 0 Å². The molecule has 2 aliphatic rings. The SMILES string of the molecule is C[C@H](NC(=O)Cn1ccc([N+](=O)[O-])n1)[C@@H]1C[C@@H]2CC[C@@H]1C2. The summed E-state index contributed by atoms with van der Waals surface area (Å²) in [6.45, 7) is 2.09. The van der Waals surface area contributed by atoms with Crippen LogP contribution in [0.1, 0.15) is 32.6 Å². The molecule has 4 atom stereocenters. The van der Waals surface area contributed by atoms with Crippen molar-refractivity contribution in [3.8, 4) is 0 Å². The van der Waals surface area contributed by atoms with Crippen molar-refractivity contribution < 1.29 is 9.72 Å². The molecule has 2 fully saturated rings. The number of aromatic nitrogens is 2. The van der Waals surface area contributed by atoms with Gasteiger partial charge in [-0.15, -0.1) is 0 Å². The van der Waals surface area contributed by atoms with Gasteiger partial charge < -0.3 is 15.4 Å². The Morgan fingerprint density at radius 2 is 2.38 bits per heavy atom. The number of hydrogen-bond donors (Lipinski definition) is 1. The summed E-state index contributed by atoms with van der Waals surface area (Å²) in [4.78, 5) is 22.0. The van der Waals surface area contributed by atoms with Crippen molar-refractivity contribution in [3.63, 3.8) is 0 Å². The van der Waals surface area contributed by atoms with Gasteiger partial charge in [0.1, 0.15) is 6.54 Å². The number of nitro groups is 1. The molecule has 7 heteroatoms. The number of hydrogen-bond acceptors (Lipinski definition) is 4. The molecule has 0 radical (unpaired) electrons. The first-order valence-corrected chi connectivity index (χ1v) is 7.50. The van der Waals surface area contributed by atoms with Gasteiger partial charge in [0.15, 0.2) is 0 Å². The molecule has 1 aromatic rings. The second-order valence-electron chi connectivity index (χ2n) is 6.32. The van der Waals surface area contributed by atoms with Gasteiger partial charge in [-0.05, 0) is 48.9 Å². The number of fused-ring (bicyclic) bond motifs is 2. The lowest BCUT2D eigenvalue weighted by atomic mass is 9.84. The summed E-state index contributed by atoms with van der Waals surface area (Å²) in [6.07, 6.45) is 6.63. The normalized spacial score (nSPS) is 28.5. The lowest BCUT2D eigenvalue weighted by molar-refractivity contribution is -0.389. The van der Waals surface area contributed by atoms with E-state index in [-0.39, 0.29) is 24.3 Å². The van der Waals surface area contributed by atoms with E-state index in [1.165, 1.54) is 42.6 Å². The van der Waals surface area contributed by atoms with E-state index in [0.717, 1.165) is 11.8 Å². The van der Waals surface area contributed by atoms with Crippen molar-refractivity contribution in [1.29, 1.82) is 0 Å². The number of amides is 1. The molecule has 7 nitrogen and oxygen atoms in total. The highest BCUT2D eigenvalue weighted by atomic mass is 16.6. The van der Waals surface area contributed by atoms with E-state index in [4.69, 9.17) is 0 Å². The predicted molar refractivity (Wildman–Crippen MR) is 75.4 cm³/mol. The fraction of sp³-hybridized carbons (Fsp3) is 0.714. The van der Waals surface area contributed by atoms with Crippen LogP contribution in [0.5, 0.6) is 0 Å². The lowest BCUT2D eigenvalue weighted by Gasteiger charge is -2.28. The monoisotopic (exact) mass is 292 g/mol. The molecule has 1 N–H and O–H groups in total. The van der Waals surface area contributed by atoms with Gasteiger partial charge >= 0.3 is 5.82 Å². The highest BCUT2D eigenvalue weighted by Crippen LogP contribution is 2.49. The smallest absolute Gasteiger partial charge is 0.358 e. The minimum atomic E-state index is -0.563. The van der Waals surface area contributed by atoms with Crippen LogP contribution in [0.3, 0.4) is 0 Å². The molecule has 3 rings (SSSR count). The Morgan fingerprint density at radius 1 is 1.57 bits per heavy atom. The van der Waals surface area contributed by atoms with Crippen LogP contribution in [0.4, 0.5) is 5.82 Å². The average molecular weight is 292 g/mol. The van der Waals surface area contributed by atoms with Crippen molar-refractivity contribution >= 4 is 11.7 Å². The molecule has 1 amide bonds. The zero-order chi connectivity index (χ0) is 15.0. The summed E-state index contributed by atoms with van der Waals surface area (Å²) in [5, 5.41) is 17.3. The van der Waals surface area contributed by atoms with E-state index < -0.39 is 4.92 Å². The maximum absolute atomic E-state index is 12.0. The maximum Gasteiger partial charge on any atom is 0.389 e. The summed E-state index contributed by atoms with van der Waals surface area (Å²) < 4.78 is 1.31. The Kier molecular flexibility index (Phi) is 3.65. The van der Waals surface area contributed by atoms with Crippen LogP contribution in [-0.2, 0) is 11.3 Å². The minimum absolute atomic E-state index is 0.0268. The number of carbonyl (C=O) groups excluding carboxylic acids is 1. The maximum atomic E-state index is 12.0. The Balaban J connectivity index is 1.52. The van der Waals surface area contributed by atoms with E-state index in [2.05, 4.69) is 17.3 Å². The van der Waals surface area contributed by atoms with Gasteiger partial charge in [-0.25, -0.2) is 0 Å². The summed E-state index contributed by atoms with van der Waals surface area (Å²) >= 11 is 0. The third-order valence-electron chi connectivity index (χ3n) is 4.94. The first-order valence-electron chi connectivity index (χ1n) is 7.50. The molecule has 2 aliphatic carbocycles. The van der Waals surface area contributed by atoms with E-state index >= 15 is 0 Å². The molecule has 2 saturated carbocycles. The fourth-order valence-electron chi connectivity index (χ4n) is 4.00. The van der Waals surface area contributed by atoms with Gasteiger partial charge in [-0.2, -0.15) is 4.68 Å². The fourth-order valence-corrected chi connectivity index (χ4v) is 4.00. The summed E-state index contributed by atoms with van der Waals surface area (Å²) in [5.74, 6) is 1.83. The second-order valence-corrected chi connectivity index (χ2v) is 6.32. The van der Waals surface area contributed by atoms with Crippen LogP contribution in [0, 0.1) is 27.9 Å². The molecule has 1 aromatic heterocycles. The summed E-state index contributed by atoms with van der Waals surface area (Å²) in [6, 6.07) is 1.46. The van der Waals surface area contributed by atoms with Crippen LogP contribution < -0.4 is 5.32 Å². The van der Waals surface area contributed by atoms with Gasteiger partial charge in [-0.3, -0.25) is 4.79 Å². The van der Waals surface area contributed by atoms with Crippen LogP contribution >= 0.6 is 0 Å². The van der Waals surface area contributed by atoms with Gasteiger partial charge in [0.2, 0.25) is 5.91 Å². The minimum Gasteiger partial charge on any atom is -0.358 e. The van der Waals surface area contributed by atoms with Crippen LogP contribution in [0.15, 0.2) is 12.3 Å². The van der Waals surface area contributed by atoms with Crippen LogP contribution in [0.25, 0.3) is 0 Å². The lowest BCUT2D eigenvalue weighted by Crippen LogP contribution is -2.41. The van der Waals surface area contributed by atoms with E-state index in [0.29, 0.717) is 5.92 Å². The molecule has 0 spiro atoms. The number of nitrogens with one attached hydrogen (secondary N) is 1. The molecule has 21 heavy (non-hydrogen) atoms. The van der Waals surface area contributed by atoms with Crippen molar-refractivity contribution in [2.24, 2.45) is 17.8 Å². The number of carbonyl (C=O) groups is 1. The van der Waals surface area contributed by atoms with Gasteiger partial charge in [0.25, 0.3) is 0 Å². The summed E-state index contributed by atoms with van der Waals surface area (Å²) in [7, 11) is 0. The highest BCUT2D eigenvalue weighted by molar-refractivity contribution is 5.76. The van der Waals surface area contributed by atoms with Crippen molar-refractivity contribution in [2.45, 2.75) is 45.2 Å². The predicted octanol–water partition coefficient (Wildman–Crippen LogP) is 1.73. The highest BCUT2D eigenvalue weighted by Gasteiger charge is 2.42. The zero-order valence-electron chi connectivity index (χ0n) is 12.1. The van der Waals surface area contributed by atoms with Crippen LogP contribution in [-0.4, -0.2) is 26.7 Å². The van der Waals surface area contributed by atoms with Crippen molar-refractivity contribution in [2.75, 3.05) is 0 Å². The van der Waals surface area contributed by atoms with Crippen molar-refractivity contribution in [3.05, 3.63) is 22.4 Å². The van der Waals surface area contributed by atoms with E-state index in [1.54, 1.807) is 0 Å². The Morgan fingerprint density at radius 3 is 2.95 bits per heavy atom. The zero-order valence-corrected chi connectivity index (χ0v) is 12.1. The number of nitrogens with zero attached hydrogens (tertiary/aromatic N) is 3. The molecule has 114 valence electrons. The van der Waals surface area contributed by atoms with Gasteiger partial charge in [-0.1, -0.05) is 6.42 Å². The standard InChI is InChI=1S/C14H20N4O3/c1-9(12-7-10-2-3-11(12)6-10)15-14(19)8-17-5-4-13(16-17)18(20)21/h4-5,9-12H,2-3,6-8H2,1H3,(H,15,19)/t9-,10+,11+,12-/m0/s1. The Labute approximate surface area is 122 Å².